The summed E-state index contributed by atoms with van der Waals surface area (Å²) in [6, 6.07) is 22.9. The van der Waals surface area contributed by atoms with E-state index in [2.05, 4.69) is 10.3 Å². The van der Waals surface area contributed by atoms with Gasteiger partial charge in [-0.2, -0.15) is 0 Å². The predicted octanol–water partition coefficient (Wildman–Crippen LogP) is 6.35. The number of aromatic hydroxyl groups is 1. The van der Waals surface area contributed by atoms with Gasteiger partial charge in [0.25, 0.3) is 0 Å². The van der Waals surface area contributed by atoms with Crippen molar-refractivity contribution in [1.82, 2.24) is 10.3 Å². The van der Waals surface area contributed by atoms with Gasteiger partial charge in [0.05, 0.1) is 24.8 Å². The minimum atomic E-state index is -0.993. The minimum absolute atomic E-state index is 0.0140. The molecule has 1 heterocycles. The number of pyridine rings is 1. The van der Waals surface area contributed by atoms with Crippen LogP contribution in [0.1, 0.15) is 62.2 Å². The maximum Gasteiger partial charge on any atom is 0.412 e. The molecule has 0 saturated carbocycles. The van der Waals surface area contributed by atoms with Gasteiger partial charge in [0, 0.05) is 23.7 Å². The molecular formula is C34H41N3O6. The molecule has 0 aliphatic carbocycles. The van der Waals surface area contributed by atoms with Gasteiger partial charge in [0.15, 0.2) is 0 Å². The lowest BCUT2D eigenvalue weighted by molar-refractivity contribution is 0.176. The second-order valence-electron chi connectivity index (χ2n) is 10.7. The molecule has 1 atom stereocenters. The van der Waals surface area contributed by atoms with E-state index in [0.717, 1.165) is 56.4 Å². The Bertz CT molecular complexity index is 1490. The number of unbranched alkanes of at least 4 members (excludes halogenated alkanes) is 6. The molecule has 0 fully saturated rings. The van der Waals surface area contributed by atoms with Gasteiger partial charge in [0.1, 0.15) is 11.5 Å². The first-order chi connectivity index (χ1) is 20.9. The first-order valence-corrected chi connectivity index (χ1v) is 14.9. The summed E-state index contributed by atoms with van der Waals surface area (Å²) in [6.45, 7) is 2.13. The van der Waals surface area contributed by atoms with Crippen molar-refractivity contribution in [1.29, 1.82) is 0 Å². The highest BCUT2D eigenvalue weighted by Gasteiger charge is 2.15. The summed E-state index contributed by atoms with van der Waals surface area (Å²) >= 11 is 0. The van der Waals surface area contributed by atoms with Crippen LogP contribution in [0.2, 0.25) is 0 Å². The van der Waals surface area contributed by atoms with Crippen molar-refractivity contribution in [2.24, 2.45) is 0 Å². The average molecular weight is 588 g/mol. The number of carbonyl (C=O) groups is 1. The smallest absolute Gasteiger partial charge is 0.412 e. The zero-order chi connectivity index (χ0) is 30.4. The molecule has 9 nitrogen and oxygen atoms in total. The molecule has 1 aromatic heterocycles. The summed E-state index contributed by atoms with van der Waals surface area (Å²) in [6.07, 6.45) is 5.95. The highest BCUT2D eigenvalue weighted by atomic mass is 16.5. The van der Waals surface area contributed by atoms with Gasteiger partial charge in [-0.1, -0.05) is 68.5 Å². The van der Waals surface area contributed by atoms with Crippen LogP contribution in [0.3, 0.4) is 0 Å². The molecule has 0 aliphatic rings. The molecule has 3 aromatic carbocycles. The van der Waals surface area contributed by atoms with E-state index in [9.17, 15) is 24.9 Å². The number of H-pyrrole nitrogens is 1. The average Bonchev–Trinajstić information content (AvgIpc) is 3.01. The van der Waals surface area contributed by atoms with Gasteiger partial charge in [0.2, 0.25) is 5.56 Å². The topological polar surface area (TPSA) is 135 Å². The number of aliphatic hydroxyl groups excluding tert-OH is 1. The summed E-state index contributed by atoms with van der Waals surface area (Å²) in [5.74, 6) is 0.722. The van der Waals surface area contributed by atoms with Crippen molar-refractivity contribution in [3.8, 4) is 11.5 Å². The summed E-state index contributed by atoms with van der Waals surface area (Å²) in [5.41, 5.74) is 2.25. The lowest BCUT2D eigenvalue weighted by Gasteiger charge is -2.19. The molecule has 228 valence electrons. The molecule has 0 spiro atoms. The number of hydrogen-bond donors (Lipinski definition) is 5. The number of phenolic OH excluding ortho intramolecular Hbond substituents is 1. The molecule has 4 aromatic rings. The first kappa shape index (κ1) is 31.6. The second-order valence-corrected chi connectivity index (χ2v) is 10.7. The van der Waals surface area contributed by atoms with E-state index in [1.165, 1.54) is 23.5 Å². The van der Waals surface area contributed by atoms with Gasteiger partial charge >= 0.3 is 6.09 Å². The number of phenols is 1. The van der Waals surface area contributed by atoms with Crippen molar-refractivity contribution >= 4 is 22.7 Å². The van der Waals surface area contributed by atoms with Gasteiger partial charge < -0.3 is 30.4 Å². The van der Waals surface area contributed by atoms with Crippen LogP contribution in [0.4, 0.5) is 10.5 Å². The molecule has 0 saturated heterocycles. The fourth-order valence-electron chi connectivity index (χ4n) is 5.08. The van der Waals surface area contributed by atoms with E-state index in [0.29, 0.717) is 41.9 Å². The standard InChI is InChI=1S/C34H41N3O6/c38-30-19-17-28(29-18-20-32(40)36-33(29)30)31(39)23-35-21-9-4-2-1-3-5-10-22-43-27-15-13-26(14-16-27)37(34(41)42)24-25-11-7-6-8-12-25/h6-8,11-20,31,35,38-39H,1-5,9-10,21-24H2,(H,36,40)(H,41,42)/t31-/m0/s1. The van der Waals surface area contributed by atoms with Crippen molar-refractivity contribution < 1.29 is 24.9 Å². The van der Waals surface area contributed by atoms with Crippen molar-refractivity contribution in [2.45, 2.75) is 57.6 Å². The van der Waals surface area contributed by atoms with E-state index in [4.69, 9.17) is 4.74 Å². The Morgan fingerprint density at radius 2 is 1.56 bits per heavy atom. The Kier molecular flexibility index (Phi) is 12.0. The molecule has 5 N–H and O–H groups in total. The van der Waals surface area contributed by atoms with E-state index < -0.39 is 12.2 Å². The zero-order valence-electron chi connectivity index (χ0n) is 24.4. The minimum Gasteiger partial charge on any atom is -0.506 e. The van der Waals surface area contributed by atoms with Gasteiger partial charge in [-0.25, -0.2) is 4.79 Å². The highest BCUT2D eigenvalue weighted by molar-refractivity contribution is 5.87. The number of rotatable bonds is 17. The fourth-order valence-corrected chi connectivity index (χ4v) is 5.08. The molecule has 0 bridgehead atoms. The number of aliphatic hydroxyl groups is 1. The van der Waals surface area contributed by atoms with Crippen molar-refractivity contribution in [3.63, 3.8) is 0 Å². The quantitative estimate of drug-likeness (QED) is 0.0909. The lowest BCUT2D eigenvalue weighted by Crippen LogP contribution is -2.28. The Labute approximate surface area is 251 Å². The van der Waals surface area contributed by atoms with Crippen LogP contribution < -0.4 is 20.5 Å². The Morgan fingerprint density at radius 3 is 2.28 bits per heavy atom. The fraction of sp³-hybridized carbons (Fsp3) is 0.353. The lowest BCUT2D eigenvalue weighted by atomic mass is 10.0. The third-order valence-electron chi connectivity index (χ3n) is 7.43. The van der Waals surface area contributed by atoms with Crippen LogP contribution >= 0.6 is 0 Å². The van der Waals surface area contributed by atoms with E-state index in [-0.39, 0.29) is 11.3 Å². The SMILES string of the molecule is O=C(O)N(Cc1ccccc1)c1ccc(OCCCCCCCCCNC[C@H](O)c2ccc(O)c3[nH]c(=O)ccc23)cc1. The summed E-state index contributed by atoms with van der Waals surface area (Å²) in [7, 11) is 0. The van der Waals surface area contributed by atoms with Crippen LogP contribution in [0.5, 0.6) is 11.5 Å². The monoisotopic (exact) mass is 587 g/mol. The summed E-state index contributed by atoms with van der Waals surface area (Å²) < 4.78 is 5.85. The second kappa shape index (κ2) is 16.3. The first-order valence-electron chi connectivity index (χ1n) is 14.9. The number of aromatic nitrogens is 1. The van der Waals surface area contributed by atoms with Gasteiger partial charge in [-0.15, -0.1) is 0 Å². The zero-order valence-corrected chi connectivity index (χ0v) is 24.4. The number of hydrogen-bond acceptors (Lipinski definition) is 6. The number of ether oxygens (including phenoxy) is 1. The van der Waals surface area contributed by atoms with Gasteiger partial charge in [-0.05, 0) is 66.9 Å². The normalized spacial score (nSPS) is 11.8. The highest BCUT2D eigenvalue weighted by Crippen LogP contribution is 2.28. The Hall–Kier alpha value is -4.34. The number of fused-ring (bicyclic) bond motifs is 1. The number of carboxylic acid groups (broad SMARTS) is 1. The van der Waals surface area contributed by atoms with Crippen LogP contribution in [-0.2, 0) is 6.54 Å². The van der Waals surface area contributed by atoms with E-state index >= 15 is 0 Å². The molecule has 0 aliphatic heterocycles. The molecule has 0 unspecified atom stereocenters. The molecular weight excluding hydrogens is 546 g/mol. The number of anilines is 1. The van der Waals surface area contributed by atoms with E-state index in [1.807, 2.05) is 42.5 Å². The number of amides is 1. The van der Waals surface area contributed by atoms with E-state index in [1.54, 1.807) is 24.3 Å². The number of nitrogens with zero attached hydrogens (tertiary/aromatic N) is 1. The molecule has 0 radical (unpaired) electrons. The third-order valence-corrected chi connectivity index (χ3v) is 7.43. The van der Waals surface area contributed by atoms with Crippen LogP contribution in [0.25, 0.3) is 10.9 Å². The third kappa shape index (κ3) is 9.59. The van der Waals surface area contributed by atoms with Crippen LogP contribution in [0, 0.1) is 0 Å². The van der Waals surface area contributed by atoms with Crippen LogP contribution in [-0.4, -0.2) is 46.1 Å². The Balaban J connectivity index is 1.04. The molecule has 1 amide bonds. The van der Waals surface area contributed by atoms with Gasteiger partial charge in [-0.3, -0.25) is 9.69 Å². The Morgan fingerprint density at radius 1 is 0.860 bits per heavy atom. The summed E-state index contributed by atoms with van der Waals surface area (Å²) in [4.78, 5) is 27.3. The molecule has 4 rings (SSSR count). The van der Waals surface area contributed by atoms with Crippen molar-refractivity contribution in [2.75, 3.05) is 24.6 Å². The number of nitrogens with one attached hydrogen (secondary N) is 2. The maximum absolute atomic E-state index is 11.8. The molecule has 43 heavy (non-hydrogen) atoms. The number of benzene rings is 3. The largest absolute Gasteiger partial charge is 0.506 e. The molecule has 9 heteroatoms. The maximum atomic E-state index is 11.8. The number of aromatic amines is 1. The van der Waals surface area contributed by atoms with Crippen LogP contribution in [0.15, 0.2) is 83.7 Å². The summed E-state index contributed by atoms with van der Waals surface area (Å²) in [5, 5.41) is 34.2. The predicted molar refractivity (Wildman–Crippen MR) is 169 cm³/mol. The van der Waals surface area contributed by atoms with Crippen molar-refractivity contribution in [3.05, 3.63) is 100 Å².